The van der Waals surface area contributed by atoms with Crippen LogP contribution in [0, 0.1) is 18.6 Å². The standard InChI is InChI=1S/C19H13F2N5O/c1-11-23-24-18-9-8-17(25-26(11)18)12-2-5-14(6-3-12)22-19(27)15-7-4-13(20)10-16(15)21/h2-10H,1H3,(H,22,27). The van der Waals surface area contributed by atoms with Gasteiger partial charge in [0, 0.05) is 17.3 Å². The molecule has 0 bridgehead atoms. The average molecular weight is 365 g/mol. The molecule has 0 saturated carbocycles. The predicted molar refractivity (Wildman–Crippen MR) is 95.3 cm³/mol. The minimum Gasteiger partial charge on any atom is -0.322 e. The summed E-state index contributed by atoms with van der Waals surface area (Å²) in [6, 6.07) is 13.4. The van der Waals surface area contributed by atoms with E-state index >= 15 is 0 Å². The third kappa shape index (κ3) is 3.24. The molecular weight excluding hydrogens is 352 g/mol. The summed E-state index contributed by atoms with van der Waals surface area (Å²) in [7, 11) is 0. The zero-order chi connectivity index (χ0) is 19.0. The summed E-state index contributed by atoms with van der Waals surface area (Å²) < 4.78 is 28.3. The Hall–Kier alpha value is -3.68. The van der Waals surface area contributed by atoms with E-state index in [4.69, 9.17) is 0 Å². The van der Waals surface area contributed by atoms with Crippen molar-refractivity contribution in [2.45, 2.75) is 6.92 Å². The number of carbonyl (C=O) groups is 1. The van der Waals surface area contributed by atoms with Crippen molar-refractivity contribution in [3.63, 3.8) is 0 Å². The number of benzene rings is 2. The van der Waals surface area contributed by atoms with Crippen LogP contribution >= 0.6 is 0 Å². The smallest absolute Gasteiger partial charge is 0.258 e. The number of carbonyl (C=O) groups excluding carboxylic acids is 1. The predicted octanol–water partition coefficient (Wildman–Crippen LogP) is 3.63. The topological polar surface area (TPSA) is 72.2 Å². The van der Waals surface area contributed by atoms with Crippen LogP contribution < -0.4 is 5.32 Å². The van der Waals surface area contributed by atoms with E-state index in [-0.39, 0.29) is 5.56 Å². The Labute approximate surface area is 152 Å². The van der Waals surface area contributed by atoms with Crippen LogP contribution in [0.1, 0.15) is 16.2 Å². The molecular formula is C19H13F2N5O. The number of hydrogen-bond acceptors (Lipinski definition) is 4. The highest BCUT2D eigenvalue weighted by Crippen LogP contribution is 2.21. The van der Waals surface area contributed by atoms with Crippen LogP contribution in [0.3, 0.4) is 0 Å². The minimum atomic E-state index is -0.911. The number of amides is 1. The zero-order valence-electron chi connectivity index (χ0n) is 14.1. The number of aryl methyl sites for hydroxylation is 1. The highest BCUT2D eigenvalue weighted by atomic mass is 19.1. The van der Waals surface area contributed by atoms with Gasteiger partial charge >= 0.3 is 0 Å². The second-order valence-electron chi connectivity index (χ2n) is 5.89. The Morgan fingerprint density at radius 2 is 1.78 bits per heavy atom. The molecule has 4 rings (SSSR count). The molecule has 2 heterocycles. The molecule has 0 unspecified atom stereocenters. The number of hydrogen-bond donors (Lipinski definition) is 1. The van der Waals surface area contributed by atoms with Gasteiger partial charge in [-0.15, -0.1) is 10.2 Å². The van der Waals surface area contributed by atoms with E-state index in [2.05, 4.69) is 20.6 Å². The Bertz CT molecular complexity index is 1150. The van der Waals surface area contributed by atoms with Gasteiger partial charge in [0.15, 0.2) is 11.5 Å². The van der Waals surface area contributed by atoms with Crippen LogP contribution in [0.25, 0.3) is 16.9 Å². The maximum absolute atomic E-state index is 13.7. The molecule has 2 aromatic carbocycles. The van der Waals surface area contributed by atoms with Gasteiger partial charge in [-0.1, -0.05) is 12.1 Å². The molecule has 0 spiro atoms. The third-order valence-corrected chi connectivity index (χ3v) is 4.03. The van der Waals surface area contributed by atoms with Crippen molar-refractivity contribution in [2.75, 3.05) is 5.32 Å². The maximum atomic E-state index is 13.7. The first-order chi connectivity index (χ1) is 13.0. The molecule has 8 heteroatoms. The molecule has 134 valence electrons. The van der Waals surface area contributed by atoms with E-state index in [9.17, 15) is 13.6 Å². The van der Waals surface area contributed by atoms with Gasteiger partial charge in [0.2, 0.25) is 0 Å². The van der Waals surface area contributed by atoms with Crippen LogP contribution in [-0.4, -0.2) is 25.7 Å². The molecule has 6 nitrogen and oxygen atoms in total. The van der Waals surface area contributed by atoms with Gasteiger partial charge < -0.3 is 5.32 Å². The van der Waals surface area contributed by atoms with Crippen LogP contribution in [0.2, 0.25) is 0 Å². The van der Waals surface area contributed by atoms with Crippen LogP contribution in [0.5, 0.6) is 0 Å². The Balaban J connectivity index is 1.56. The van der Waals surface area contributed by atoms with E-state index in [0.717, 1.165) is 17.7 Å². The molecule has 0 fully saturated rings. The van der Waals surface area contributed by atoms with Crippen LogP contribution in [-0.2, 0) is 0 Å². The van der Waals surface area contributed by atoms with E-state index in [0.29, 0.717) is 28.9 Å². The second-order valence-corrected chi connectivity index (χ2v) is 5.89. The second kappa shape index (κ2) is 6.56. The molecule has 0 aliphatic carbocycles. The largest absolute Gasteiger partial charge is 0.322 e. The van der Waals surface area contributed by atoms with Crippen LogP contribution in [0.15, 0.2) is 54.6 Å². The highest BCUT2D eigenvalue weighted by molar-refractivity contribution is 6.04. The van der Waals surface area contributed by atoms with Gasteiger partial charge in [0.05, 0.1) is 11.3 Å². The highest BCUT2D eigenvalue weighted by Gasteiger charge is 2.13. The fourth-order valence-corrected chi connectivity index (χ4v) is 2.65. The Morgan fingerprint density at radius 1 is 1.00 bits per heavy atom. The minimum absolute atomic E-state index is 0.226. The van der Waals surface area contributed by atoms with Crippen molar-refractivity contribution in [1.82, 2.24) is 19.8 Å². The molecule has 0 atom stereocenters. The maximum Gasteiger partial charge on any atom is 0.258 e. The average Bonchev–Trinajstić information content (AvgIpc) is 3.03. The zero-order valence-corrected chi connectivity index (χ0v) is 14.1. The lowest BCUT2D eigenvalue weighted by Gasteiger charge is -2.08. The molecule has 0 aliphatic heterocycles. The van der Waals surface area contributed by atoms with E-state index in [1.807, 2.05) is 19.1 Å². The fourth-order valence-electron chi connectivity index (χ4n) is 2.65. The summed E-state index contributed by atoms with van der Waals surface area (Å²) >= 11 is 0. The number of anilines is 1. The summed E-state index contributed by atoms with van der Waals surface area (Å²) in [6.45, 7) is 1.81. The lowest BCUT2D eigenvalue weighted by molar-refractivity contribution is 0.102. The van der Waals surface area contributed by atoms with Gasteiger partial charge in [0.25, 0.3) is 5.91 Å². The van der Waals surface area contributed by atoms with Crippen molar-refractivity contribution in [2.24, 2.45) is 0 Å². The number of fused-ring (bicyclic) bond motifs is 1. The molecule has 27 heavy (non-hydrogen) atoms. The molecule has 1 N–H and O–H groups in total. The first-order valence-corrected chi connectivity index (χ1v) is 8.07. The van der Waals surface area contributed by atoms with Crippen LogP contribution in [0.4, 0.5) is 14.5 Å². The summed E-state index contributed by atoms with van der Waals surface area (Å²) in [5, 5.41) is 15.0. The molecule has 2 aromatic heterocycles. The fraction of sp³-hybridized carbons (Fsp3) is 0.0526. The van der Waals surface area contributed by atoms with Gasteiger partial charge in [-0.2, -0.15) is 9.61 Å². The number of nitrogens with zero attached hydrogens (tertiary/aromatic N) is 4. The van der Waals surface area contributed by atoms with Crippen molar-refractivity contribution in [3.05, 3.63) is 77.6 Å². The summed E-state index contributed by atoms with van der Waals surface area (Å²) in [5.41, 5.74) is 2.45. The first-order valence-electron chi connectivity index (χ1n) is 8.07. The SMILES string of the molecule is Cc1nnc2ccc(-c3ccc(NC(=O)c4ccc(F)cc4F)cc3)nn12. The third-order valence-electron chi connectivity index (χ3n) is 4.03. The van der Waals surface area contributed by atoms with Gasteiger partial charge in [-0.25, -0.2) is 8.78 Å². The molecule has 4 aromatic rings. The van der Waals surface area contributed by atoms with E-state index in [1.165, 1.54) is 0 Å². The number of rotatable bonds is 3. The van der Waals surface area contributed by atoms with Gasteiger partial charge in [0.1, 0.15) is 11.6 Å². The first kappa shape index (κ1) is 16.8. The van der Waals surface area contributed by atoms with E-state index in [1.54, 1.807) is 28.8 Å². The monoisotopic (exact) mass is 365 g/mol. The van der Waals surface area contributed by atoms with Crippen molar-refractivity contribution in [1.29, 1.82) is 0 Å². The summed E-state index contributed by atoms with van der Waals surface area (Å²) in [4.78, 5) is 12.2. The lowest BCUT2D eigenvalue weighted by atomic mass is 10.1. The summed E-state index contributed by atoms with van der Waals surface area (Å²) in [6.07, 6.45) is 0. The number of nitrogens with one attached hydrogen (secondary N) is 1. The molecule has 0 saturated heterocycles. The van der Waals surface area contributed by atoms with Crippen molar-refractivity contribution >= 4 is 17.2 Å². The molecule has 1 amide bonds. The molecule has 0 aliphatic rings. The van der Waals surface area contributed by atoms with E-state index < -0.39 is 17.5 Å². The number of halogens is 2. The van der Waals surface area contributed by atoms with Gasteiger partial charge in [-0.05, 0) is 43.3 Å². The quantitative estimate of drug-likeness (QED) is 0.602. The van der Waals surface area contributed by atoms with Crippen molar-refractivity contribution in [3.8, 4) is 11.3 Å². The van der Waals surface area contributed by atoms with Crippen molar-refractivity contribution < 1.29 is 13.6 Å². The lowest BCUT2D eigenvalue weighted by Crippen LogP contribution is -2.13. The molecule has 0 radical (unpaired) electrons. The Kier molecular flexibility index (Phi) is 4.08. The van der Waals surface area contributed by atoms with Gasteiger partial charge in [-0.3, -0.25) is 4.79 Å². The normalized spacial score (nSPS) is 10.9. The Morgan fingerprint density at radius 3 is 2.52 bits per heavy atom. The number of aromatic nitrogens is 4. The summed E-state index contributed by atoms with van der Waals surface area (Å²) in [5.74, 6) is -1.62.